The molecule has 126 valence electrons. The molecule has 2 amide bonds. The average Bonchev–Trinajstić information content (AvgIpc) is 2.57. The summed E-state index contributed by atoms with van der Waals surface area (Å²) in [7, 11) is 0. The Hall–Kier alpha value is -2.53. The van der Waals surface area contributed by atoms with Crippen LogP contribution in [0, 0.1) is 6.92 Å². The number of ether oxygens (including phenoxy) is 1. The van der Waals surface area contributed by atoms with Crippen LogP contribution < -0.4 is 15.4 Å². The van der Waals surface area contributed by atoms with Crippen LogP contribution >= 0.6 is 11.6 Å². The van der Waals surface area contributed by atoms with Gasteiger partial charge in [-0.1, -0.05) is 35.9 Å². The molecule has 24 heavy (non-hydrogen) atoms. The summed E-state index contributed by atoms with van der Waals surface area (Å²) in [5, 5.41) is 5.82. The number of rotatable bonds is 7. The molecule has 0 aliphatic heterocycles. The van der Waals surface area contributed by atoms with Gasteiger partial charge in [0.15, 0.2) is 0 Å². The molecule has 0 unspecified atom stereocenters. The number of hydrogen-bond acceptors (Lipinski definition) is 3. The van der Waals surface area contributed by atoms with Crippen LogP contribution in [0.2, 0.25) is 5.02 Å². The Labute approximate surface area is 146 Å². The Morgan fingerprint density at radius 1 is 1.08 bits per heavy atom. The van der Waals surface area contributed by atoms with Gasteiger partial charge in [0.2, 0.25) is 11.8 Å². The lowest BCUT2D eigenvalue weighted by Gasteiger charge is -2.10. The predicted molar refractivity (Wildman–Crippen MR) is 94.4 cm³/mol. The van der Waals surface area contributed by atoms with E-state index in [0.717, 1.165) is 5.56 Å². The van der Waals surface area contributed by atoms with Crippen molar-refractivity contribution in [3.05, 3.63) is 59.1 Å². The summed E-state index contributed by atoms with van der Waals surface area (Å²) < 4.78 is 5.43. The van der Waals surface area contributed by atoms with Gasteiger partial charge in [0.1, 0.15) is 5.75 Å². The van der Waals surface area contributed by atoms with Gasteiger partial charge in [-0.05, 0) is 36.8 Å². The molecule has 6 heteroatoms. The fraction of sp³-hybridized carbons (Fsp3) is 0.222. The number of halogens is 1. The maximum atomic E-state index is 11.9. The van der Waals surface area contributed by atoms with Crippen molar-refractivity contribution >= 4 is 29.1 Å². The highest BCUT2D eigenvalue weighted by molar-refractivity contribution is 6.31. The number of aryl methyl sites for hydroxylation is 1. The molecule has 2 aromatic carbocycles. The van der Waals surface area contributed by atoms with Crippen LogP contribution in [0.15, 0.2) is 48.5 Å². The van der Waals surface area contributed by atoms with Crippen molar-refractivity contribution in [3.8, 4) is 5.75 Å². The second-order valence-corrected chi connectivity index (χ2v) is 5.63. The number of benzene rings is 2. The van der Waals surface area contributed by atoms with Gasteiger partial charge in [-0.25, -0.2) is 0 Å². The average molecular weight is 347 g/mol. The SMILES string of the molecule is Cc1ccc(Cl)cc1NC(=O)CNC(=O)CCOc1ccccc1. The molecule has 0 heterocycles. The van der Waals surface area contributed by atoms with Crippen molar-refractivity contribution in [3.63, 3.8) is 0 Å². The summed E-state index contributed by atoms with van der Waals surface area (Å²) in [6, 6.07) is 14.5. The monoisotopic (exact) mass is 346 g/mol. The molecule has 0 atom stereocenters. The first kappa shape index (κ1) is 17.8. The number of carbonyl (C=O) groups is 2. The summed E-state index contributed by atoms with van der Waals surface area (Å²) >= 11 is 5.90. The highest BCUT2D eigenvalue weighted by Gasteiger charge is 2.08. The van der Waals surface area contributed by atoms with E-state index in [2.05, 4.69) is 10.6 Å². The number of carbonyl (C=O) groups excluding carboxylic acids is 2. The van der Waals surface area contributed by atoms with Crippen LogP contribution in [0.3, 0.4) is 0 Å². The third-order valence-electron chi connectivity index (χ3n) is 3.26. The minimum atomic E-state index is -0.308. The van der Waals surface area contributed by atoms with Gasteiger partial charge in [0.25, 0.3) is 0 Å². The summed E-state index contributed by atoms with van der Waals surface area (Å²) in [6.45, 7) is 2.02. The highest BCUT2D eigenvalue weighted by Crippen LogP contribution is 2.19. The minimum Gasteiger partial charge on any atom is -0.493 e. The summed E-state index contributed by atoms with van der Waals surface area (Å²) in [5.74, 6) is 0.154. The zero-order valence-corrected chi connectivity index (χ0v) is 14.1. The van der Waals surface area contributed by atoms with E-state index >= 15 is 0 Å². The summed E-state index contributed by atoms with van der Waals surface area (Å²) in [5.41, 5.74) is 1.53. The molecule has 0 aromatic heterocycles. The van der Waals surface area contributed by atoms with Gasteiger partial charge in [-0.15, -0.1) is 0 Å². The number of amides is 2. The Morgan fingerprint density at radius 3 is 2.58 bits per heavy atom. The van der Waals surface area contributed by atoms with E-state index in [-0.39, 0.29) is 31.4 Å². The third-order valence-corrected chi connectivity index (χ3v) is 3.50. The van der Waals surface area contributed by atoms with Crippen LogP contribution in [-0.2, 0) is 9.59 Å². The first-order valence-electron chi connectivity index (χ1n) is 7.55. The number of anilines is 1. The zero-order valence-electron chi connectivity index (χ0n) is 13.3. The lowest BCUT2D eigenvalue weighted by Crippen LogP contribution is -2.33. The molecule has 0 spiro atoms. The first-order valence-corrected chi connectivity index (χ1v) is 7.93. The molecule has 5 nitrogen and oxygen atoms in total. The molecule has 0 saturated carbocycles. The van der Waals surface area contributed by atoms with Crippen molar-refractivity contribution < 1.29 is 14.3 Å². The Bertz CT molecular complexity index is 705. The van der Waals surface area contributed by atoms with Crippen LogP contribution in [0.4, 0.5) is 5.69 Å². The molecular formula is C18H19ClN2O3. The molecule has 0 fully saturated rings. The molecule has 0 radical (unpaired) electrons. The van der Waals surface area contributed by atoms with Gasteiger partial charge < -0.3 is 15.4 Å². The zero-order chi connectivity index (χ0) is 17.4. The van der Waals surface area contributed by atoms with Crippen molar-refractivity contribution in [2.45, 2.75) is 13.3 Å². The number of hydrogen-bond donors (Lipinski definition) is 2. The molecule has 2 rings (SSSR count). The lowest BCUT2D eigenvalue weighted by molar-refractivity contribution is -0.124. The van der Waals surface area contributed by atoms with Crippen molar-refractivity contribution in [1.29, 1.82) is 0 Å². The smallest absolute Gasteiger partial charge is 0.243 e. The van der Waals surface area contributed by atoms with E-state index in [1.54, 1.807) is 12.1 Å². The molecule has 0 aliphatic rings. The van der Waals surface area contributed by atoms with Crippen molar-refractivity contribution in [2.75, 3.05) is 18.5 Å². The Balaban J connectivity index is 1.69. The maximum absolute atomic E-state index is 11.9. The van der Waals surface area contributed by atoms with Gasteiger partial charge in [0, 0.05) is 10.7 Å². The van der Waals surface area contributed by atoms with E-state index < -0.39 is 0 Å². The number of para-hydroxylation sites is 1. The molecular weight excluding hydrogens is 328 g/mol. The van der Waals surface area contributed by atoms with E-state index in [9.17, 15) is 9.59 Å². The molecule has 2 aromatic rings. The normalized spacial score (nSPS) is 10.1. The third kappa shape index (κ3) is 5.93. The molecule has 0 bridgehead atoms. The highest BCUT2D eigenvalue weighted by atomic mass is 35.5. The summed E-state index contributed by atoms with van der Waals surface area (Å²) in [6.07, 6.45) is 0.179. The predicted octanol–water partition coefficient (Wildman–Crippen LogP) is 3.17. The van der Waals surface area contributed by atoms with Gasteiger partial charge in [-0.3, -0.25) is 9.59 Å². The fourth-order valence-corrected chi connectivity index (χ4v) is 2.14. The first-order chi connectivity index (χ1) is 11.5. The van der Waals surface area contributed by atoms with Gasteiger partial charge >= 0.3 is 0 Å². The van der Waals surface area contributed by atoms with Gasteiger partial charge in [0.05, 0.1) is 19.6 Å². The van der Waals surface area contributed by atoms with Crippen LogP contribution in [0.25, 0.3) is 0 Å². The van der Waals surface area contributed by atoms with Crippen LogP contribution in [0.5, 0.6) is 5.75 Å². The minimum absolute atomic E-state index is 0.101. The molecule has 0 aliphatic carbocycles. The van der Waals surface area contributed by atoms with Crippen molar-refractivity contribution in [1.82, 2.24) is 5.32 Å². The standard InChI is InChI=1S/C18H19ClN2O3/c1-13-7-8-14(19)11-16(13)21-18(23)12-20-17(22)9-10-24-15-5-3-2-4-6-15/h2-8,11H,9-10,12H2,1H3,(H,20,22)(H,21,23). The van der Waals surface area contributed by atoms with Crippen molar-refractivity contribution in [2.24, 2.45) is 0 Å². The largest absolute Gasteiger partial charge is 0.493 e. The van der Waals surface area contributed by atoms with E-state index in [1.165, 1.54) is 0 Å². The van der Waals surface area contributed by atoms with E-state index in [0.29, 0.717) is 16.5 Å². The second kappa shape index (κ2) is 8.93. The fourth-order valence-electron chi connectivity index (χ4n) is 1.97. The second-order valence-electron chi connectivity index (χ2n) is 5.20. The molecule has 2 N–H and O–H groups in total. The van der Waals surface area contributed by atoms with Crippen LogP contribution in [-0.4, -0.2) is 25.0 Å². The molecule has 0 saturated heterocycles. The Morgan fingerprint density at radius 2 is 1.83 bits per heavy atom. The van der Waals surface area contributed by atoms with Crippen LogP contribution in [0.1, 0.15) is 12.0 Å². The van der Waals surface area contributed by atoms with Gasteiger partial charge in [-0.2, -0.15) is 0 Å². The summed E-state index contributed by atoms with van der Waals surface area (Å²) in [4.78, 5) is 23.6. The quantitative estimate of drug-likeness (QED) is 0.809. The van der Waals surface area contributed by atoms with E-state index in [4.69, 9.17) is 16.3 Å². The van der Waals surface area contributed by atoms with E-state index in [1.807, 2.05) is 43.3 Å². The lowest BCUT2D eigenvalue weighted by atomic mass is 10.2. The maximum Gasteiger partial charge on any atom is 0.243 e. The Kier molecular flexibility index (Phi) is 6.63. The topological polar surface area (TPSA) is 67.4 Å². The number of nitrogens with one attached hydrogen (secondary N) is 2.